The number of amides is 1. The number of carbonyl (C=O) groups excluding carboxylic acids is 1. The molecule has 0 spiro atoms. The van der Waals surface area contributed by atoms with Crippen LogP contribution in [0.1, 0.15) is 47.5 Å². The van der Waals surface area contributed by atoms with E-state index in [1.165, 1.54) is 12.1 Å². The van der Waals surface area contributed by atoms with Gasteiger partial charge in [0.05, 0.1) is 17.9 Å². The minimum atomic E-state index is -4.41. The van der Waals surface area contributed by atoms with E-state index >= 15 is 0 Å². The van der Waals surface area contributed by atoms with E-state index in [2.05, 4.69) is 17.1 Å². The van der Waals surface area contributed by atoms with Gasteiger partial charge in [0.1, 0.15) is 5.76 Å². The zero-order valence-electron chi connectivity index (χ0n) is 15.1. The topological polar surface area (TPSA) is 45.5 Å². The first kappa shape index (κ1) is 19.5. The molecule has 27 heavy (non-hydrogen) atoms. The lowest BCUT2D eigenvalue weighted by atomic mass is 9.97. The van der Waals surface area contributed by atoms with E-state index in [1.807, 2.05) is 12.1 Å². The Kier molecular flexibility index (Phi) is 5.89. The van der Waals surface area contributed by atoms with Crippen LogP contribution in [0.15, 0.2) is 47.1 Å². The first-order valence-corrected chi connectivity index (χ1v) is 9.07. The summed E-state index contributed by atoms with van der Waals surface area (Å²) < 4.78 is 43.5. The highest BCUT2D eigenvalue weighted by Crippen LogP contribution is 2.29. The highest BCUT2D eigenvalue weighted by atomic mass is 19.4. The molecule has 0 radical (unpaired) electrons. The third kappa shape index (κ3) is 4.91. The maximum Gasteiger partial charge on any atom is 0.416 e. The Hall–Kier alpha value is -2.28. The largest absolute Gasteiger partial charge is 0.468 e. The standard InChI is InChI=1S/C20H23F3N2O2/c1-14-8-10-25(11-9-14)17(18-3-2-12-27-18)13-24-19(26)15-4-6-16(7-5-15)20(21,22)23/h2-7,12,14,17H,8-11,13H2,1H3,(H,24,26). The van der Waals surface area contributed by atoms with Crippen LogP contribution in [-0.2, 0) is 6.18 Å². The van der Waals surface area contributed by atoms with E-state index in [1.54, 1.807) is 6.26 Å². The monoisotopic (exact) mass is 380 g/mol. The van der Waals surface area contributed by atoms with Gasteiger partial charge in [0, 0.05) is 12.1 Å². The maximum absolute atomic E-state index is 12.6. The van der Waals surface area contributed by atoms with Crippen LogP contribution in [0.25, 0.3) is 0 Å². The van der Waals surface area contributed by atoms with E-state index in [9.17, 15) is 18.0 Å². The fourth-order valence-corrected chi connectivity index (χ4v) is 3.33. The van der Waals surface area contributed by atoms with Gasteiger partial charge in [0.25, 0.3) is 5.91 Å². The van der Waals surface area contributed by atoms with Gasteiger partial charge in [-0.2, -0.15) is 13.2 Å². The number of furan rings is 1. The number of alkyl halides is 3. The van der Waals surface area contributed by atoms with E-state index in [-0.39, 0.29) is 11.6 Å². The average Bonchev–Trinajstić information content (AvgIpc) is 3.17. The first-order valence-electron chi connectivity index (χ1n) is 9.07. The number of rotatable bonds is 5. The van der Waals surface area contributed by atoms with Crippen LogP contribution in [0, 0.1) is 5.92 Å². The number of hydrogen-bond acceptors (Lipinski definition) is 3. The van der Waals surface area contributed by atoms with Gasteiger partial charge in [0.2, 0.25) is 0 Å². The van der Waals surface area contributed by atoms with Gasteiger partial charge in [-0.1, -0.05) is 6.92 Å². The van der Waals surface area contributed by atoms with Crippen LogP contribution >= 0.6 is 0 Å². The summed E-state index contributed by atoms with van der Waals surface area (Å²) in [6.07, 6.45) is -0.633. The molecule has 1 aromatic carbocycles. The molecule has 1 saturated heterocycles. The van der Waals surface area contributed by atoms with Gasteiger partial charge in [-0.15, -0.1) is 0 Å². The second-order valence-electron chi connectivity index (χ2n) is 7.03. The van der Waals surface area contributed by atoms with Crippen molar-refractivity contribution in [3.05, 3.63) is 59.5 Å². The molecular weight excluding hydrogens is 357 g/mol. The normalized spacial score (nSPS) is 17.6. The molecule has 1 unspecified atom stereocenters. The third-order valence-electron chi connectivity index (χ3n) is 5.06. The van der Waals surface area contributed by atoms with Crippen molar-refractivity contribution in [1.82, 2.24) is 10.2 Å². The second kappa shape index (κ2) is 8.17. The van der Waals surface area contributed by atoms with Crippen molar-refractivity contribution >= 4 is 5.91 Å². The van der Waals surface area contributed by atoms with Gasteiger partial charge in [-0.05, 0) is 68.2 Å². The number of carbonyl (C=O) groups is 1. The van der Waals surface area contributed by atoms with Crippen LogP contribution in [-0.4, -0.2) is 30.4 Å². The summed E-state index contributed by atoms with van der Waals surface area (Å²) in [5, 5.41) is 2.83. The number of halogens is 3. The van der Waals surface area contributed by atoms with Crippen molar-refractivity contribution in [2.45, 2.75) is 32.0 Å². The summed E-state index contributed by atoms with van der Waals surface area (Å²) in [5.74, 6) is 1.06. The predicted octanol–water partition coefficient (Wildman–Crippen LogP) is 4.50. The van der Waals surface area contributed by atoms with Crippen LogP contribution < -0.4 is 5.32 Å². The summed E-state index contributed by atoms with van der Waals surface area (Å²) in [6.45, 7) is 4.40. The first-order chi connectivity index (χ1) is 12.8. The summed E-state index contributed by atoms with van der Waals surface area (Å²) in [4.78, 5) is 14.7. The molecule has 1 amide bonds. The van der Waals surface area contributed by atoms with Crippen LogP contribution in [0.4, 0.5) is 13.2 Å². The molecule has 4 nitrogen and oxygen atoms in total. The van der Waals surface area contributed by atoms with E-state index in [0.29, 0.717) is 12.5 Å². The summed E-state index contributed by atoms with van der Waals surface area (Å²) in [6, 6.07) is 7.84. The molecular formula is C20H23F3N2O2. The molecule has 2 aromatic rings. The average molecular weight is 380 g/mol. The summed E-state index contributed by atoms with van der Waals surface area (Å²) >= 11 is 0. The molecule has 1 aromatic heterocycles. The second-order valence-corrected chi connectivity index (χ2v) is 7.03. The lowest BCUT2D eigenvalue weighted by molar-refractivity contribution is -0.137. The van der Waals surface area contributed by atoms with Crippen molar-refractivity contribution in [1.29, 1.82) is 0 Å². The highest BCUT2D eigenvalue weighted by molar-refractivity contribution is 5.94. The molecule has 1 aliphatic heterocycles. The zero-order chi connectivity index (χ0) is 19.4. The Morgan fingerprint density at radius 2 is 1.89 bits per heavy atom. The smallest absolute Gasteiger partial charge is 0.416 e. The van der Waals surface area contributed by atoms with Crippen LogP contribution in [0.5, 0.6) is 0 Å². The minimum Gasteiger partial charge on any atom is -0.468 e. The fourth-order valence-electron chi connectivity index (χ4n) is 3.33. The Balaban J connectivity index is 1.65. The molecule has 3 rings (SSSR count). The minimum absolute atomic E-state index is 0.0918. The summed E-state index contributed by atoms with van der Waals surface area (Å²) in [7, 11) is 0. The number of piperidine rings is 1. The zero-order valence-corrected chi connectivity index (χ0v) is 15.1. The van der Waals surface area contributed by atoms with Gasteiger partial charge < -0.3 is 9.73 Å². The molecule has 1 atom stereocenters. The Bertz CT molecular complexity index is 734. The molecule has 0 aliphatic carbocycles. The van der Waals surface area contributed by atoms with Gasteiger partial charge >= 0.3 is 6.18 Å². The molecule has 1 aliphatic rings. The number of benzene rings is 1. The van der Waals surface area contributed by atoms with Crippen molar-refractivity contribution < 1.29 is 22.4 Å². The quantitative estimate of drug-likeness (QED) is 0.831. The van der Waals surface area contributed by atoms with Gasteiger partial charge in [-0.25, -0.2) is 0 Å². The third-order valence-corrected chi connectivity index (χ3v) is 5.06. The molecule has 2 heterocycles. The van der Waals surface area contributed by atoms with Gasteiger partial charge in [0.15, 0.2) is 0 Å². The molecule has 1 N–H and O–H groups in total. The number of hydrogen-bond donors (Lipinski definition) is 1. The predicted molar refractivity (Wildman–Crippen MR) is 95.2 cm³/mol. The molecule has 1 fully saturated rings. The highest BCUT2D eigenvalue weighted by Gasteiger charge is 2.30. The lowest BCUT2D eigenvalue weighted by Gasteiger charge is -2.35. The van der Waals surface area contributed by atoms with Crippen molar-refractivity contribution in [3.8, 4) is 0 Å². The van der Waals surface area contributed by atoms with E-state index in [4.69, 9.17) is 4.42 Å². The summed E-state index contributed by atoms with van der Waals surface area (Å²) in [5.41, 5.74) is -0.566. The number of likely N-dealkylation sites (tertiary alicyclic amines) is 1. The van der Waals surface area contributed by atoms with Crippen molar-refractivity contribution in [2.24, 2.45) is 5.92 Å². The maximum atomic E-state index is 12.6. The van der Waals surface area contributed by atoms with E-state index < -0.39 is 17.6 Å². The Morgan fingerprint density at radius 3 is 2.44 bits per heavy atom. The SMILES string of the molecule is CC1CCN(C(CNC(=O)c2ccc(C(F)(F)F)cc2)c2ccco2)CC1. The Labute approximate surface area is 156 Å². The lowest BCUT2D eigenvalue weighted by Crippen LogP contribution is -2.41. The van der Waals surface area contributed by atoms with Crippen molar-refractivity contribution in [2.75, 3.05) is 19.6 Å². The number of nitrogens with zero attached hydrogens (tertiary/aromatic N) is 1. The fraction of sp³-hybridized carbons (Fsp3) is 0.450. The van der Waals surface area contributed by atoms with Crippen LogP contribution in [0.3, 0.4) is 0 Å². The molecule has 146 valence electrons. The van der Waals surface area contributed by atoms with Crippen molar-refractivity contribution in [3.63, 3.8) is 0 Å². The number of nitrogens with one attached hydrogen (secondary N) is 1. The molecule has 0 saturated carbocycles. The molecule has 7 heteroatoms. The van der Waals surface area contributed by atoms with E-state index in [0.717, 1.165) is 43.8 Å². The molecule has 0 bridgehead atoms. The Morgan fingerprint density at radius 1 is 1.22 bits per heavy atom. The van der Waals surface area contributed by atoms with Gasteiger partial charge in [-0.3, -0.25) is 9.69 Å². The van der Waals surface area contributed by atoms with Crippen LogP contribution in [0.2, 0.25) is 0 Å².